The number of nitrogens with zero attached hydrogens (tertiary/aromatic N) is 1. The van der Waals surface area contributed by atoms with Gasteiger partial charge >= 0.3 is 12.1 Å². The average molecular weight is 476 g/mol. The van der Waals surface area contributed by atoms with E-state index in [-0.39, 0.29) is 36.6 Å². The SMILES string of the molecule is O=C(Nc1cc(C(=O)NCC2CCCC2C(=O)O)no1)OCC1c2ccccc2-c2ccccc21. The Kier molecular flexibility index (Phi) is 6.22. The second-order valence-electron chi connectivity index (χ2n) is 8.87. The molecule has 2 aliphatic rings. The zero-order valence-electron chi connectivity index (χ0n) is 18.9. The summed E-state index contributed by atoms with van der Waals surface area (Å²) in [7, 11) is 0. The molecule has 5 rings (SSSR count). The van der Waals surface area contributed by atoms with E-state index >= 15 is 0 Å². The molecule has 2 aromatic carbocycles. The van der Waals surface area contributed by atoms with Crippen LogP contribution in [0.4, 0.5) is 10.7 Å². The van der Waals surface area contributed by atoms with Gasteiger partial charge in [-0.3, -0.25) is 14.9 Å². The van der Waals surface area contributed by atoms with E-state index in [1.165, 1.54) is 6.07 Å². The van der Waals surface area contributed by atoms with E-state index in [0.717, 1.165) is 35.1 Å². The number of amides is 2. The first-order chi connectivity index (χ1) is 17.0. The molecule has 3 aromatic rings. The van der Waals surface area contributed by atoms with E-state index in [2.05, 4.69) is 27.9 Å². The summed E-state index contributed by atoms with van der Waals surface area (Å²) < 4.78 is 10.5. The number of rotatable bonds is 7. The number of nitrogens with one attached hydrogen (secondary N) is 2. The molecule has 3 N–H and O–H groups in total. The van der Waals surface area contributed by atoms with Gasteiger partial charge in [-0.1, -0.05) is 60.1 Å². The van der Waals surface area contributed by atoms with E-state index in [9.17, 15) is 19.5 Å². The molecule has 0 radical (unpaired) electrons. The molecule has 2 amide bonds. The molecule has 0 saturated heterocycles. The highest BCUT2D eigenvalue weighted by atomic mass is 16.6. The van der Waals surface area contributed by atoms with Gasteiger partial charge in [0.2, 0.25) is 5.88 Å². The number of carboxylic acids is 1. The van der Waals surface area contributed by atoms with E-state index in [4.69, 9.17) is 9.26 Å². The molecule has 0 aliphatic heterocycles. The molecule has 1 saturated carbocycles. The van der Waals surface area contributed by atoms with Crippen molar-refractivity contribution in [3.63, 3.8) is 0 Å². The minimum absolute atomic E-state index is 0.0104. The molecule has 35 heavy (non-hydrogen) atoms. The Hall–Kier alpha value is -4.14. The van der Waals surface area contributed by atoms with E-state index in [1.54, 1.807) is 0 Å². The van der Waals surface area contributed by atoms with Gasteiger partial charge in [-0.2, -0.15) is 0 Å². The highest BCUT2D eigenvalue weighted by Crippen LogP contribution is 2.44. The first-order valence-electron chi connectivity index (χ1n) is 11.6. The van der Waals surface area contributed by atoms with Crippen LogP contribution >= 0.6 is 0 Å². The fourth-order valence-corrected chi connectivity index (χ4v) is 5.10. The summed E-state index contributed by atoms with van der Waals surface area (Å²) in [5.74, 6) is -1.98. The third-order valence-corrected chi connectivity index (χ3v) is 6.81. The lowest BCUT2D eigenvalue weighted by molar-refractivity contribution is -0.142. The predicted octanol–water partition coefficient (Wildman–Crippen LogP) is 4.27. The maximum absolute atomic E-state index is 12.4. The molecular weight excluding hydrogens is 450 g/mol. The van der Waals surface area contributed by atoms with Crippen molar-refractivity contribution >= 4 is 23.9 Å². The van der Waals surface area contributed by atoms with Crippen LogP contribution in [0.2, 0.25) is 0 Å². The third kappa shape index (κ3) is 4.62. The number of aromatic nitrogens is 1. The van der Waals surface area contributed by atoms with Crippen LogP contribution in [0, 0.1) is 11.8 Å². The van der Waals surface area contributed by atoms with Crippen molar-refractivity contribution < 1.29 is 28.8 Å². The number of carbonyl (C=O) groups is 3. The van der Waals surface area contributed by atoms with Crippen molar-refractivity contribution in [2.45, 2.75) is 25.2 Å². The van der Waals surface area contributed by atoms with Crippen LogP contribution < -0.4 is 10.6 Å². The smallest absolute Gasteiger partial charge is 0.414 e. The van der Waals surface area contributed by atoms with Gasteiger partial charge in [-0.05, 0) is 41.0 Å². The van der Waals surface area contributed by atoms with Gasteiger partial charge in [-0.25, -0.2) is 4.79 Å². The summed E-state index contributed by atoms with van der Waals surface area (Å²) in [5, 5.41) is 18.1. The number of hydrogen-bond donors (Lipinski definition) is 3. The largest absolute Gasteiger partial charge is 0.481 e. The van der Waals surface area contributed by atoms with Crippen molar-refractivity contribution in [3.05, 3.63) is 71.4 Å². The highest BCUT2D eigenvalue weighted by Gasteiger charge is 2.33. The van der Waals surface area contributed by atoms with Crippen LogP contribution in [0.3, 0.4) is 0 Å². The van der Waals surface area contributed by atoms with E-state index in [0.29, 0.717) is 6.42 Å². The summed E-state index contributed by atoms with van der Waals surface area (Å²) in [6, 6.07) is 17.4. The van der Waals surface area contributed by atoms with E-state index < -0.39 is 23.9 Å². The monoisotopic (exact) mass is 475 g/mol. The Balaban J connectivity index is 1.15. The fourth-order valence-electron chi connectivity index (χ4n) is 5.10. The molecule has 1 aromatic heterocycles. The van der Waals surface area contributed by atoms with Crippen LogP contribution in [-0.2, 0) is 9.53 Å². The minimum Gasteiger partial charge on any atom is -0.481 e. The van der Waals surface area contributed by atoms with Gasteiger partial charge in [0.05, 0.1) is 5.92 Å². The lowest BCUT2D eigenvalue weighted by atomic mass is 9.96. The molecule has 2 aliphatic carbocycles. The van der Waals surface area contributed by atoms with Gasteiger partial charge in [-0.15, -0.1) is 0 Å². The fraction of sp³-hybridized carbons (Fsp3) is 0.308. The molecule has 0 bridgehead atoms. The number of anilines is 1. The Morgan fingerprint density at radius 3 is 2.40 bits per heavy atom. The first kappa shape index (κ1) is 22.6. The number of aliphatic carboxylic acids is 1. The van der Waals surface area contributed by atoms with Gasteiger partial charge in [0.15, 0.2) is 5.69 Å². The quantitative estimate of drug-likeness (QED) is 0.465. The maximum atomic E-state index is 12.4. The summed E-state index contributed by atoms with van der Waals surface area (Å²) >= 11 is 0. The second-order valence-corrected chi connectivity index (χ2v) is 8.87. The van der Waals surface area contributed by atoms with Crippen LogP contribution in [0.25, 0.3) is 11.1 Å². The van der Waals surface area contributed by atoms with Crippen LogP contribution in [0.1, 0.15) is 46.8 Å². The number of carboxylic acid groups (broad SMARTS) is 1. The van der Waals surface area contributed by atoms with Gasteiger partial charge in [0.1, 0.15) is 6.61 Å². The number of benzene rings is 2. The standard InChI is InChI=1S/C26H25N3O6/c30-24(27-13-15-6-5-11-16(15)25(31)32)22-12-23(35-29-22)28-26(33)34-14-21-19-9-3-1-7-17(19)18-8-2-4-10-20(18)21/h1-4,7-10,12,15-16,21H,5-6,11,13-14H2,(H,27,30)(H,28,33)(H,31,32). The van der Waals surface area contributed by atoms with Crippen molar-refractivity contribution in [1.82, 2.24) is 10.5 Å². The zero-order valence-corrected chi connectivity index (χ0v) is 18.9. The van der Waals surface area contributed by atoms with Gasteiger partial charge in [0, 0.05) is 18.5 Å². The molecule has 9 nitrogen and oxygen atoms in total. The average Bonchev–Trinajstić information content (AvgIpc) is 3.59. The number of hydrogen-bond acceptors (Lipinski definition) is 6. The van der Waals surface area contributed by atoms with Crippen molar-refractivity contribution in [2.75, 3.05) is 18.5 Å². The predicted molar refractivity (Wildman–Crippen MR) is 126 cm³/mol. The lowest BCUT2D eigenvalue weighted by Gasteiger charge is -2.15. The summed E-state index contributed by atoms with van der Waals surface area (Å²) in [4.78, 5) is 36.1. The maximum Gasteiger partial charge on any atom is 0.414 e. The molecule has 2 atom stereocenters. The van der Waals surface area contributed by atoms with Crippen molar-refractivity contribution in [1.29, 1.82) is 0 Å². The summed E-state index contributed by atoms with van der Waals surface area (Å²) in [6.45, 7) is 0.394. The van der Waals surface area contributed by atoms with Crippen molar-refractivity contribution in [3.8, 4) is 11.1 Å². The Bertz CT molecular complexity index is 1220. The van der Waals surface area contributed by atoms with Crippen LogP contribution in [0.15, 0.2) is 59.1 Å². The number of ether oxygens (including phenoxy) is 1. The topological polar surface area (TPSA) is 131 Å². The van der Waals surface area contributed by atoms with Gasteiger partial charge in [0.25, 0.3) is 5.91 Å². The summed E-state index contributed by atoms with van der Waals surface area (Å²) in [6.07, 6.45) is 1.49. The Morgan fingerprint density at radius 2 is 1.71 bits per heavy atom. The molecule has 1 heterocycles. The third-order valence-electron chi connectivity index (χ3n) is 6.81. The molecule has 0 spiro atoms. The van der Waals surface area contributed by atoms with Gasteiger partial charge < -0.3 is 19.7 Å². The van der Waals surface area contributed by atoms with Crippen LogP contribution in [-0.4, -0.2) is 41.4 Å². The Morgan fingerprint density at radius 1 is 1.03 bits per heavy atom. The molecule has 1 fully saturated rings. The normalized spacial score (nSPS) is 18.5. The molecule has 2 unspecified atom stereocenters. The zero-order chi connectivity index (χ0) is 24.4. The molecular formula is C26H25N3O6. The lowest BCUT2D eigenvalue weighted by Crippen LogP contribution is -2.33. The second kappa shape index (κ2) is 9.61. The number of fused-ring (bicyclic) bond motifs is 3. The minimum atomic E-state index is -0.835. The first-order valence-corrected chi connectivity index (χ1v) is 11.6. The molecule has 180 valence electrons. The van der Waals surface area contributed by atoms with E-state index in [1.807, 2.05) is 36.4 Å². The Labute approximate surface area is 201 Å². The number of carbonyl (C=O) groups excluding carboxylic acids is 2. The van der Waals surface area contributed by atoms with Crippen LogP contribution in [0.5, 0.6) is 0 Å². The highest BCUT2D eigenvalue weighted by molar-refractivity contribution is 5.93. The molecule has 9 heteroatoms. The van der Waals surface area contributed by atoms with Crippen molar-refractivity contribution in [2.24, 2.45) is 11.8 Å². The summed E-state index contributed by atoms with van der Waals surface area (Å²) in [5.41, 5.74) is 4.47.